The minimum atomic E-state index is -1.13. The van der Waals surface area contributed by atoms with Crippen LogP contribution in [0.1, 0.15) is 130 Å². The van der Waals surface area contributed by atoms with E-state index in [-0.39, 0.29) is 117 Å². The summed E-state index contributed by atoms with van der Waals surface area (Å²) in [5.41, 5.74) is 6.00. The number of rotatable bonds is 26. The van der Waals surface area contributed by atoms with Crippen molar-refractivity contribution in [2.24, 2.45) is 23.9 Å². The topological polar surface area (TPSA) is 201 Å². The van der Waals surface area contributed by atoms with Crippen molar-refractivity contribution >= 4 is 62.9 Å². The van der Waals surface area contributed by atoms with Crippen molar-refractivity contribution in [2.45, 2.75) is 104 Å². The SMILES string of the molecule is CN[C@@H](C)C(=O)C[C@H](C(=O)N1CCN(C(=O)c2c(C(=O)CCCOCCOCCOCCOc3ccc(NC(=O)C[C@@H]4N=C(c5ccc(C)cc5)c5c(sc(C)c5C)-n5c(C)nnc54)cc3)c3cc(F)c(F)cc3n2C)CC1)C1CCCCC1. The molecule has 21 heteroatoms. The Hall–Kier alpha value is -7.04. The zero-order chi connectivity index (χ0) is 59.6. The highest BCUT2D eigenvalue weighted by Crippen LogP contribution is 2.40. The molecule has 1 saturated carbocycles. The van der Waals surface area contributed by atoms with Gasteiger partial charge in [0, 0.05) is 91.7 Å². The molecule has 0 spiro atoms. The molecule has 5 heterocycles. The van der Waals surface area contributed by atoms with Crippen LogP contribution in [0.2, 0.25) is 0 Å². The Labute approximate surface area is 493 Å². The van der Waals surface area contributed by atoms with Crippen LogP contribution in [0, 0.1) is 51.2 Å². The van der Waals surface area contributed by atoms with E-state index in [1.54, 1.807) is 66.4 Å². The molecule has 0 radical (unpaired) electrons. The van der Waals surface area contributed by atoms with Crippen LogP contribution in [0.3, 0.4) is 0 Å². The van der Waals surface area contributed by atoms with Crippen LogP contribution >= 0.6 is 11.3 Å². The number of ketones is 2. The van der Waals surface area contributed by atoms with E-state index < -0.39 is 35.3 Å². The predicted molar refractivity (Wildman–Crippen MR) is 318 cm³/mol. The number of thiophene rings is 1. The highest BCUT2D eigenvalue weighted by Gasteiger charge is 2.38. The maximum atomic E-state index is 14.8. The number of nitrogens with zero attached hydrogens (tertiary/aromatic N) is 7. The number of likely N-dealkylation sites (N-methyl/N-ethyl adjacent to an activating group) is 1. The third-order valence-electron chi connectivity index (χ3n) is 16.5. The van der Waals surface area contributed by atoms with Gasteiger partial charge in [-0.25, -0.2) is 8.78 Å². The molecule has 84 heavy (non-hydrogen) atoms. The van der Waals surface area contributed by atoms with E-state index in [1.165, 1.54) is 9.44 Å². The average Bonchev–Trinajstić information content (AvgIpc) is 2.40. The number of carbonyl (C=O) groups excluding carboxylic acids is 5. The first-order valence-electron chi connectivity index (χ1n) is 29.2. The van der Waals surface area contributed by atoms with Gasteiger partial charge in [-0.15, -0.1) is 21.5 Å². The Morgan fingerprint density at radius 1 is 0.786 bits per heavy atom. The summed E-state index contributed by atoms with van der Waals surface area (Å²) in [4.78, 5) is 78.9. The molecule has 0 unspecified atom stereocenters. The lowest BCUT2D eigenvalue weighted by Gasteiger charge is -2.39. The highest BCUT2D eigenvalue weighted by molar-refractivity contribution is 7.15. The number of carbonyl (C=O) groups is 5. The van der Waals surface area contributed by atoms with E-state index in [0.29, 0.717) is 50.1 Å². The summed E-state index contributed by atoms with van der Waals surface area (Å²) in [6.07, 6.45) is 5.49. The number of halogens is 2. The highest BCUT2D eigenvalue weighted by atomic mass is 32.1. The molecule has 0 bridgehead atoms. The molecule has 3 aliphatic rings. The van der Waals surface area contributed by atoms with Crippen molar-refractivity contribution in [3.63, 3.8) is 0 Å². The Morgan fingerprint density at radius 3 is 2.11 bits per heavy atom. The fourth-order valence-electron chi connectivity index (χ4n) is 11.5. The summed E-state index contributed by atoms with van der Waals surface area (Å²) in [6.45, 7) is 12.9. The monoisotopic (exact) mass is 1170 g/mol. The molecule has 18 nitrogen and oxygen atoms in total. The molecular formula is C63H77F2N9O9S. The van der Waals surface area contributed by atoms with E-state index >= 15 is 0 Å². The summed E-state index contributed by atoms with van der Waals surface area (Å²) in [5.74, 6) is -1.72. The summed E-state index contributed by atoms with van der Waals surface area (Å²) < 4.78 is 55.8. The summed E-state index contributed by atoms with van der Waals surface area (Å²) in [5, 5.41) is 16.1. The zero-order valence-corrected chi connectivity index (χ0v) is 50.0. The first-order valence-corrected chi connectivity index (χ1v) is 30.1. The zero-order valence-electron chi connectivity index (χ0n) is 49.2. The molecule has 3 aromatic heterocycles. The van der Waals surface area contributed by atoms with Gasteiger partial charge in [-0.3, -0.25) is 33.5 Å². The van der Waals surface area contributed by atoms with Gasteiger partial charge in [0.1, 0.15) is 40.7 Å². The molecular weight excluding hydrogens is 1100 g/mol. The number of aromatic nitrogens is 4. The predicted octanol–water partition coefficient (Wildman–Crippen LogP) is 9.39. The first-order chi connectivity index (χ1) is 40.5. The second-order valence-electron chi connectivity index (χ2n) is 22.1. The number of Topliss-reactive ketones (excluding diaryl/α,β-unsaturated/α-hetero) is 2. The van der Waals surface area contributed by atoms with Crippen LogP contribution < -0.4 is 15.4 Å². The van der Waals surface area contributed by atoms with Gasteiger partial charge in [-0.1, -0.05) is 49.1 Å². The fourth-order valence-corrected chi connectivity index (χ4v) is 12.7. The normalized spacial score (nSPS) is 16.2. The van der Waals surface area contributed by atoms with Crippen LogP contribution in [-0.4, -0.2) is 150 Å². The molecule has 9 rings (SSSR count). The smallest absolute Gasteiger partial charge is 0.271 e. The maximum absolute atomic E-state index is 14.8. The number of hydrogen-bond donors (Lipinski definition) is 2. The standard InChI is InChI=1S/C63H77F2N9O9S/c1-38-15-17-44(18-16-38)58-56-39(2)41(4)84-63(56)74-42(5)69-70-60(74)51(68-58)37-55(77)67-45-19-21-46(22-20-45)83-33-32-82-31-30-81-29-28-80-27-11-14-53(75)57-48-34-49(64)50(65)36-52(48)71(7)59(57)62(79)73-25-23-72(24-26-73)61(78)47(35-54(76)40(3)66-6)43-12-9-8-10-13-43/h15-22,34,36,40,43,47,51,66H,8-14,23-33,35,37H2,1-7H3,(H,67,77)/t40-,47-,51-/m0/s1. The molecule has 6 aromatic rings. The van der Waals surface area contributed by atoms with Gasteiger partial charge in [-0.05, 0) is 103 Å². The van der Waals surface area contributed by atoms with Gasteiger partial charge in [0.2, 0.25) is 11.8 Å². The summed E-state index contributed by atoms with van der Waals surface area (Å²) >= 11 is 1.68. The molecule has 2 fully saturated rings. The number of anilines is 1. The van der Waals surface area contributed by atoms with Gasteiger partial charge < -0.3 is 43.9 Å². The largest absolute Gasteiger partial charge is 0.491 e. The minimum Gasteiger partial charge on any atom is -0.491 e. The molecule has 3 atom stereocenters. The Kier molecular flexibility index (Phi) is 20.7. The lowest BCUT2D eigenvalue weighted by atomic mass is 9.76. The molecule has 3 amide bonds. The van der Waals surface area contributed by atoms with Gasteiger partial charge in [-0.2, -0.15) is 0 Å². The fraction of sp³-hybridized carbons (Fsp3) is 0.492. The summed E-state index contributed by atoms with van der Waals surface area (Å²) in [6, 6.07) is 16.4. The van der Waals surface area contributed by atoms with Crippen LogP contribution in [0.15, 0.2) is 65.7 Å². The van der Waals surface area contributed by atoms with E-state index in [9.17, 15) is 32.8 Å². The van der Waals surface area contributed by atoms with E-state index in [0.717, 1.165) is 83.0 Å². The van der Waals surface area contributed by atoms with Crippen molar-refractivity contribution < 1.29 is 51.7 Å². The maximum Gasteiger partial charge on any atom is 0.271 e. The first kappa shape index (κ1) is 61.5. The lowest BCUT2D eigenvalue weighted by Crippen LogP contribution is -2.53. The number of aryl methyl sites for hydroxylation is 4. The van der Waals surface area contributed by atoms with E-state index in [4.69, 9.17) is 23.9 Å². The molecule has 1 saturated heterocycles. The number of fused-ring (bicyclic) bond motifs is 4. The molecule has 2 aliphatic heterocycles. The van der Waals surface area contributed by atoms with E-state index in [1.807, 2.05) is 11.5 Å². The Morgan fingerprint density at radius 2 is 1.43 bits per heavy atom. The number of aliphatic imine (C=N–C) groups is 1. The quantitative estimate of drug-likeness (QED) is 0.0386. The van der Waals surface area contributed by atoms with Gasteiger partial charge >= 0.3 is 0 Å². The third-order valence-corrected chi connectivity index (χ3v) is 17.7. The number of nitrogens with one attached hydrogen (secondary N) is 2. The van der Waals surface area contributed by atoms with E-state index in [2.05, 4.69) is 65.9 Å². The van der Waals surface area contributed by atoms with Gasteiger partial charge in [0.15, 0.2) is 23.2 Å². The molecule has 448 valence electrons. The number of benzene rings is 3. The molecule has 2 N–H and O–H groups in total. The molecule has 1 aliphatic carbocycles. The second kappa shape index (κ2) is 28.2. The second-order valence-corrected chi connectivity index (χ2v) is 23.3. The van der Waals surface area contributed by atoms with Crippen molar-refractivity contribution in [2.75, 3.05) is 84.8 Å². The molecule has 3 aromatic carbocycles. The number of hydrogen-bond acceptors (Lipinski definition) is 14. The van der Waals surface area contributed by atoms with Crippen LogP contribution in [-0.2, 0) is 35.6 Å². The van der Waals surface area contributed by atoms with Crippen molar-refractivity contribution in [3.8, 4) is 10.8 Å². The minimum absolute atomic E-state index is 0.00112. The van der Waals surface area contributed by atoms with Gasteiger partial charge in [0.25, 0.3) is 5.91 Å². The summed E-state index contributed by atoms with van der Waals surface area (Å²) in [7, 11) is 3.29. The average molecular weight is 1170 g/mol. The Bertz CT molecular complexity index is 3360. The van der Waals surface area contributed by atoms with Crippen LogP contribution in [0.4, 0.5) is 14.5 Å². The van der Waals surface area contributed by atoms with Crippen molar-refractivity contribution in [1.29, 1.82) is 0 Å². The Balaban J connectivity index is 0.678. The third kappa shape index (κ3) is 14.2. The van der Waals surface area contributed by atoms with Crippen LogP contribution in [0.25, 0.3) is 15.9 Å². The number of amides is 3. The number of ether oxygens (including phenoxy) is 4. The van der Waals surface area contributed by atoms with Crippen molar-refractivity contribution in [1.82, 2.24) is 34.4 Å². The van der Waals surface area contributed by atoms with Crippen LogP contribution in [0.5, 0.6) is 5.75 Å². The van der Waals surface area contributed by atoms with Gasteiger partial charge in [0.05, 0.1) is 62.3 Å². The number of piperazine rings is 1. The van der Waals surface area contributed by atoms with Crippen molar-refractivity contribution in [3.05, 3.63) is 122 Å². The lowest BCUT2D eigenvalue weighted by molar-refractivity contribution is -0.142.